The van der Waals surface area contributed by atoms with Crippen LogP contribution in [0.2, 0.25) is 0 Å². The van der Waals surface area contributed by atoms with Crippen molar-refractivity contribution in [2.24, 2.45) is 5.10 Å². The molecule has 2 aromatic heterocycles. The van der Waals surface area contributed by atoms with Gasteiger partial charge in [-0.25, -0.2) is 9.67 Å². The minimum Gasteiger partial charge on any atom is -0.266 e. The van der Waals surface area contributed by atoms with Crippen LogP contribution in [0.1, 0.15) is 5.56 Å². The van der Waals surface area contributed by atoms with E-state index in [1.54, 1.807) is 10.9 Å². The second-order valence-electron chi connectivity index (χ2n) is 7.50. The molecule has 0 atom stereocenters. The van der Waals surface area contributed by atoms with Gasteiger partial charge in [0.05, 0.1) is 18.1 Å². The highest BCUT2D eigenvalue weighted by atomic mass is 16.1. The summed E-state index contributed by atoms with van der Waals surface area (Å²) in [5.74, 6) is 0. The van der Waals surface area contributed by atoms with Crippen molar-refractivity contribution in [3.8, 4) is 5.69 Å². The second-order valence-corrected chi connectivity index (χ2v) is 7.50. The average molecular weight is 415 g/mol. The normalized spacial score (nSPS) is 11.8. The van der Waals surface area contributed by atoms with Crippen LogP contribution in [-0.4, -0.2) is 25.7 Å². The van der Waals surface area contributed by atoms with Gasteiger partial charge in [0, 0.05) is 5.56 Å². The largest absolute Gasteiger partial charge is 0.285 e. The van der Waals surface area contributed by atoms with Gasteiger partial charge in [-0.05, 0) is 39.7 Å². The van der Waals surface area contributed by atoms with Crippen molar-refractivity contribution in [1.29, 1.82) is 0 Å². The summed E-state index contributed by atoms with van der Waals surface area (Å²) >= 11 is 0. The highest BCUT2D eigenvalue weighted by Gasteiger charge is 2.11. The summed E-state index contributed by atoms with van der Waals surface area (Å²) < 4.78 is 2.92. The zero-order valence-corrected chi connectivity index (χ0v) is 17.0. The molecule has 6 rings (SSSR count). The van der Waals surface area contributed by atoms with Crippen molar-refractivity contribution in [3.05, 3.63) is 113 Å². The Hall–Kier alpha value is -4.58. The predicted octanol–water partition coefficient (Wildman–Crippen LogP) is 4.77. The molecule has 6 aromatic rings. The molecule has 6 heteroatoms. The Morgan fingerprint density at radius 1 is 0.781 bits per heavy atom. The summed E-state index contributed by atoms with van der Waals surface area (Å²) in [5, 5.41) is 13.7. The Balaban J connectivity index is 1.50. The van der Waals surface area contributed by atoms with Crippen molar-refractivity contribution in [1.82, 2.24) is 19.4 Å². The van der Waals surface area contributed by atoms with E-state index in [1.165, 1.54) is 17.2 Å². The predicted molar refractivity (Wildman–Crippen MR) is 128 cm³/mol. The minimum atomic E-state index is -0.266. The summed E-state index contributed by atoms with van der Waals surface area (Å²) in [5.41, 5.74) is 2.05. The smallest absolute Gasteiger partial charge is 0.266 e. The highest BCUT2D eigenvalue weighted by Crippen LogP contribution is 2.27. The standard InChI is InChI=1S/C26H17N5O/c32-26-24-16-29-31(20-10-2-1-3-11-20)25(24)27-17-30(26)28-15-23-21-12-6-4-8-18(21)14-19-9-5-7-13-22(19)23/h1-17H/b28-15-. The van der Waals surface area contributed by atoms with Gasteiger partial charge in [0.15, 0.2) is 5.65 Å². The van der Waals surface area contributed by atoms with Crippen LogP contribution in [0.3, 0.4) is 0 Å². The quantitative estimate of drug-likeness (QED) is 0.309. The molecule has 0 spiro atoms. The Morgan fingerprint density at radius 3 is 2.16 bits per heavy atom. The van der Waals surface area contributed by atoms with E-state index in [-0.39, 0.29) is 5.56 Å². The summed E-state index contributed by atoms with van der Waals surface area (Å²) in [7, 11) is 0. The lowest BCUT2D eigenvalue weighted by molar-refractivity contribution is 0.810. The number of benzene rings is 4. The van der Waals surface area contributed by atoms with Crippen LogP contribution in [0.25, 0.3) is 38.3 Å². The first-order valence-electron chi connectivity index (χ1n) is 10.3. The fraction of sp³-hybridized carbons (Fsp3) is 0. The van der Waals surface area contributed by atoms with Crippen molar-refractivity contribution in [2.45, 2.75) is 0 Å². The molecule has 0 bridgehead atoms. The Bertz CT molecular complexity index is 1640. The molecule has 0 aliphatic carbocycles. The average Bonchev–Trinajstić information content (AvgIpc) is 3.28. The van der Waals surface area contributed by atoms with Crippen LogP contribution in [-0.2, 0) is 0 Å². The molecule has 0 unspecified atom stereocenters. The lowest BCUT2D eigenvalue weighted by Crippen LogP contribution is -2.17. The van der Waals surface area contributed by atoms with Crippen LogP contribution in [0.15, 0.2) is 107 Å². The molecular weight excluding hydrogens is 398 g/mol. The van der Waals surface area contributed by atoms with Gasteiger partial charge in [0.25, 0.3) is 5.56 Å². The molecule has 32 heavy (non-hydrogen) atoms. The third-order valence-corrected chi connectivity index (χ3v) is 5.60. The van der Waals surface area contributed by atoms with E-state index < -0.39 is 0 Å². The van der Waals surface area contributed by atoms with Crippen molar-refractivity contribution in [3.63, 3.8) is 0 Å². The summed E-state index contributed by atoms with van der Waals surface area (Å²) in [4.78, 5) is 17.5. The van der Waals surface area contributed by atoms with Gasteiger partial charge in [-0.15, -0.1) is 0 Å². The van der Waals surface area contributed by atoms with E-state index >= 15 is 0 Å². The third kappa shape index (κ3) is 2.89. The summed E-state index contributed by atoms with van der Waals surface area (Å²) in [6, 6.07) is 28.1. The Labute approximate surface area is 182 Å². The van der Waals surface area contributed by atoms with Crippen LogP contribution < -0.4 is 5.56 Å². The maximum Gasteiger partial charge on any atom is 0.285 e. The molecule has 152 valence electrons. The van der Waals surface area contributed by atoms with E-state index in [0.717, 1.165) is 32.8 Å². The molecule has 6 nitrogen and oxygen atoms in total. The van der Waals surface area contributed by atoms with Gasteiger partial charge in [-0.2, -0.15) is 14.9 Å². The number of hydrogen-bond acceptors (Lipinski definition) is 4. The fourth-order valence-corrected chi connectivity index (χ4v) is 4.05. The maximum atomic E-state index is 13.1. The third-order valence-electron chi connectivity index (χ3n) is 5.60. The van der Waals surface area contributed by atoms with Gasteiger partial charge in [0.1, 0.15) is 11.7 Å². The number of rotatable bonds is 3. The number of hydrogen-bond donors (Lipinski definition) is 0. The topological polar surface area (TPSA) is 65.1 Å². The van der Waals surface area contributed by atoms with Crippen molar-refractivity contribution in [2.75, 3.05) is 0 Å². The fourth-order valence-electron chi connectivity index (χ4n) is 4.05. The summed E-state index contributed by atoms with van der Waals surface area (Å²) in [6.07, 6.45) is 4.72. The van der Waals surface area contributed by atoms with E-state index in [9.17, 15) is 4.79 Å². The molecule has 0 aliphatic heterocycles. The molecule has 0 N–H and O–H groups in total. The maximum absolute atomic E-state index is 13.1. The molecule has 0 saturated heterocycles. The second kappa shape index (κ2) is 7.28. The van der Waals surface area contributed by atoms with Gasteiger partial charge in [-0.1, -0.05) is 66.7 Å². The van der Waals surface area contributed by atoms with Gasteiger partial charge < -0.3 is 0 Å². The summed E-state index contributed by atoms with van der Waals surface area (Å²) in [6.45, 7) is 0. The highest BCUT2D eigenvalue weighted by molar-refractivity contribution is 6.13. The van der Waals surface area contributed by atoms with Gasteiger partial charge in [-0.3, -0.25) is 4.79 Å². The molecular formula is C26H17N5O. The number of para-hydroxylation sites is 1. The minimum absolute atomic E-state index is 0.266. The van der Waals surface area contributed by atoms with Crippen LogP contribution in [0.4, 0.5) is 0 Å². The molecule has 2 heterocycles. The first-order chi connectivity index (χ1) is 15.8. The van der Waals surface area contributed by atoms with E-state index in [1.807, 2.05) is 54.6 Å². The molecule has 4 aromatic carbocycles. The lowest BCUT2D eigenvalue weighted by atomic mass is 9.97. The molecule has 0 aliphatic rings. The Kier molecular flexibility index (Phi) is 4.14. The van der Waals surface area contributed by atoms with Crippen LogP contribution in [0.5, 0.6) is 0 Å². The van der Waals surface area contributed by atoms with Gasteiger partial charge in [0.2, 0.25) is 0 Å². The van der Waals surface area contributed by atoms with E-state index in [0.29, 0.717) is 11.0 Å². The van der Waals surface area contributed by atoms with Gasteiger partial charge >= 0.3 is 0 Å². The number of fused-ring (bicyclic) bond motifs is 3. The lowest BCUT2D eigenvalue weighted by Gasteiger charge is -2.08. The number of nitrogens with zero attached hydrogens (tertiary/aromatic N) is 5. The zero-order valence-electron chi connectivity index (χ0n) is 17.0. The SMILES string of the molecule is O=c1c2cnn(-c3ccccc3)c2ncn1/N=C\c1c2ccccc2cc2ccccc12. The van der Waals surface area contributed by atoms with E-state index in [4.69, 9.17) is 0 Å². The monoisotopic (exact) mass is 415 g/mol. The molecule has 0 saturated carbocycles. The number of aromatic nitrogens is 4. The molecule has 0 radical (unpaired) electrons. The first kappa shape index (κ1) is 18.2. The first-order valence-corrected chi connectivity index (χ1v) is 10.3. The Morgan fingerprint density at radius 2 is 1.44 bits per heavy atom. The van der Waals surface area contributed by atoms with Crippen molar-refractivity contribution < 1.29 is 0 Å². The van der Waals surface area contributed by atoms with Crippen LogP contribution >= 0.6 is 0 Å². The van der Waals surface area contributed by atoms with E-state index in [2.05, 4.69) is 45.5 Å². The molecule has 0 fully saturated rings. The van der Waals surface area contributed by atoms with Crippen molar-refractivity contribution >= 4 is 38.8 Å². The molecule has 0 amide bonds. The zero-order chi connectivity index (χ0) is 21.5. The van der Waals surface area contributed by atoms with Crippen LogP contribution in [0, 0.1) is 0 Å².